The molecule has 1 aliphatic carbocycles. The van der Waals surface area contributed by atoms with Crippen LogP contribution in [0.25, 0.3) is 0 Å². The predicted molar refractivity (Wildman–Crippen MR) is 119 cm³/mol. The smallest absolute Gasteiger partial charge is 0.223 e. The average Bonchev–Trinajstić information content (AvgIpc) is 2.77. The van der Waals surface area contributed by atoms with Crippen molar-refractivity contribution < 1.29 is 4.79 Å². The predicted octanol–water partition coefficient (Wildman–Crippen LogP) is 4.52. The Bertz CT molecular complexity index is 774. The molecule has 1 saturated carbocycles. The van der Waals surface area contributed by atoms with Crippen LogP contribution in [-0.4, -0.2) is 45.9 Å². The van der Waals surface area contributed by atoms with Crippen LogP contribution in [0, 0.1) is 24.7 Å². The molecule has 0 aromatic carbocycles. The van der Waals surface area contributed by atoms with E-state index in [1.807, 2.05) is 13.1 Å². The van der Waals surface area contributed by atoms with Crippen LogP contribution in [0.3, 0.4) is 0 Å². The van der Waals surface area contributed by atoms with Crippen molar-refractivity contribution in [1.82, 2.24) is 14.9 Å². The molecule has 0 unspecified atom stereocenters. The van der Waals surface area contributed by atoms with Crippen molar-refractivity contribution in [1.29, 1.82) is 0 Å². The summed E-state index contributed by atoms with van der Waals surface area (Å²) < 4.78 is 0. The number of hydrogen-bond acceptors (Lipinski definition) is 4. The fraction of sp³-hybridized carbons (Fsp3) is 0.800. The van der Waals surface area contributed by atoms with Crippen molar-refractivity contribution in [3.8, 4) is 0 Å². The summed E-state index contributed by atoms with van der Waals surface area (Å²) in [6.07, 6.45) is 15.5. The van der Waals surface area contributed by atoms with Gasteiger partial charge in [0.2, 0.25) is 5.91 Å². The van der Waals surface area contributed by atoms with E-state index in [2.05, 4.69) is 21.7 Å². The van der Waals surface area contributed by atoms with Crippen molar-refractivity contribution in [2.24, 2.45) is 17.8 Å². The van der Waals surface area contributed by atoms with E-state index >= 15 is 0 Å². The normalized spacial score (nSPS) is 32.3. The Kier molecular flexibility index (Phi) is 5.72. The van der Waals surface area contributed by atoms with Gasteiger partial charge in [0.1, 0.15) is 11.6 Å². The summed E-state index contributed by atoms with van der Waals surface area (Å²) in [5, 5.41) is 0. The van der Waals surface area contributed by atoms with Crippen molar-refractivity contribution >= 4 is 11.7 Å². The first kappa shape index (κ1) is 20.3. The molecule has 30 heavy (non-hydrogen) atoms. The fourth-order valence-electron chi connectivity index (χ4n) is 7.02. The van der Waals surface area contributed by atoms with Gasteiger partial charge in [-0.2, -0.15) is 0 Å². The standard InChI is InChI=1S/C25H38N4O/c1-3-19-14-26-17(2)27-25(19)28-15-20-13-21(16-28)23(12-18-8-5-4-6-9-18)29-22(20)10-7-11-24(29)30/h14,18,20-23H,3-13,15-16H2,1-2H3/t20-,21+,22+,23+/m1/s1. The minimum atomic E-state index is 0.443. The SMILES string of the molecule is CCc1cnc(C)nc1N1C[C@H]2C[C@@H](C1)[C@H](CC1CCCCC1)N1C(=O)CCC[C@@H]21. The van der Waals surface area contributed by atoms with E-state index < -0.39 is 0 Å². The first-order valence-corrected chi connectivity index (χ1v) is 12.5. The molecule has 1 amide bonds. The number of carbonyl (C=O) groups is 1. The lowest BCUT2D eigenvalue weighted by molar-refractivity contribution is -0.149. The van der Waals surface area contributed by atoms with Crippen LogP contribution in [0.15, 0.2) is 6.20 Å². The summed E-state index contributed by atoms with van der Waals surface area (Å²) in [7, 11) is 0. The molecule has 0 N–H and O–H groups in total. The van der Waals surface area contributed by atoms with Crippen LogP contribution in [0.1, 0.15) is 82.5 Å². The molecule has 4 fully saturated rings. The topological polar surface area (TPSA) is 49.3 Å². The monoisotopic (exact) mass is 410 g/mol. The molecule has 4 atom stereocenters. The van der Waals surface area contributed by atoms with Crippen LogP contribution in [-0.2, 0) is 11.2 Å². The number of amides is 1. The van der Waals surface area contributed by atoms with Crippen LogP contribution in [0.5, 0.6) is 0 Å². The third-order valence-corrected chi connectivity index (χ3v) is 8.44. The highest BCUT2D eigenvalue weighted by Crippen LogP contribution is 2.45. The number of aromatic nitrogens is 2. The summed E-state index contributed by atoms with van der Waals surface area (Å²) >= 11 is 0. The maximum atomic E-state index is 13.1. The first-order chi connectivity index (χ1) is 14.6. The zero-order valence-electron chi connectivity index (χ0n) is 18.9. The number of rotatable bonds is 4. The number of nitrogens with zero attached hydrogens (tertiary/aromatic N) is 4. The van der Waals surface area contributed by atoms with Gasteiger partial charge in [0, 0.05) is 43.4 Å². The molecular formula is C25H38N4O. The summed E-state index contributed by atoms with van der Waals surface area (Å²) in [4.78, 5) is 27.4. The molecule has 4 heterocycles. The van der Waals surface area contributed by atoms with Crippen molar-refractivity contribution in [2.45, 2.75) is 96.6 Å². The molecule has 3 aliphatic heterocycles. The number of fused-ring (bicyclic) bond motifs is 4. The average molecular weight is 411 g/mol. The van der Waals surface area contributed by atoms with Gasteiger partial charge in [0.15, 0.2) is 0 Å². The van der Waals surface area contributed by atoms with Crippen LogP contribution in [0.4, 0.5) is 5.82 Å². The number of piperidine rings is 3. The molecule has 1 aromatic rings. The first-order valence-electron chi connectivity index (χ1n) is 12.5. The lowest BCUT2D eigenvalue weighted by Crippen LogP contribution is -2.65. The molecule has 4 aliphatic rings. The quantitative estimate of drug-likeness (QED) is 0.732. The lowest BCUT2D eigenvalue weighted by atomic mass is 9.69. The summed E-state index contributed by atoms with van der Waals surface area (Å²) in [5.74, 6) is 4.47. The number of carbonyl (C=O) groups excluding carboxylic acids is 1. The van der Waals surface area contributed by atoms with Gasteiger partial charge >= 0.3 is 0 Å². The molecule has 164 valence electrons. The van der Waals surface area contributed by atoms with Gasteiger partial charge in [0.05, 0.1) is 0 Å². The molecule has 1 aromatic heterocycles. The van der Waals surface area contributed by atoms with E-state index in [9.17, 15) is 4.79 Å². The second kappa shape index (κ2) is 8.47. The summed E-state index contributed by atoms with van der Waals surface area (Å²) in [6, 6.07) is 0.893. The maximum absolute atomic E-state index is 13.1. The number of hydrogen-bond donors (Lipinski definition) is 0. The van der Waals surface area contributed by atoms with Gasteiger partial charge in [-0.25, -0.2) is 9.97 Å². The van der Waals surface area contributed by atoms with Crippen LogP contribution in [0.2, 0.25) is 0 Å². The Hall–Kier alpha value is -1.65. The highest BCUT2D eigenvalue weighted by molar-refractivity contribution is 5.78. The Morgan fingerprint density at radius 3 is 2.67 bits per heavy atom. The highest BCUT2D eigenvalue weighted by Gasteiger charge is 2.50. The Morgan fingerprint density at radius 2 is 1.87 bits per heavy atom. The minimum absolute atomic E-state index is 0.443. The molecule has 5 rings (SSSR count). The Labute approximate surface area is 181 Å². The van der Waals surface area contributed by atoms with Gasteiger partial charge in [0.25, 0.3) is 0 Å². The molecule has 0 spiro atoms. The second-order valence-electron chi connectivity index (χ2n) is 10.3. The maximum Gasteiger partial charge on any atom is 0.223 e. The summed E-state index contributed by atoms with van der Waals surface area (Å²) in [6.45, 7) is 6.30. The number of anilines is 1. The van der Waals surface area contributed by atoms with Crippen molar-refractivity contribution in [3.05, 3.63) is 17.6 Å². The molecule has 5 nitrogen and oxygen atoms in total. The minimum Gasteiger partial charge on any atom is -0.356 e. The summed E-state index contributed by atoms with van der Waals surface area (Å²) in [5.41, 5.74) is 1.26. The van der Waals surface area contributed by atoms with Crippen LogP contribution >= 0.6 is 0 Å². The van der Waals surface area contributed by atoms with Gasteiger partial charge in [-0.3, -0.25) is 4.79 Å². The van der Waals surface area contributed by atoms with Crippen molar-refractivity contribution in [3.63, 3.8) is 0 Å². The van der Waals surface area contributed by atoms with Gasteiger partial charge in [-0.15, -0.1) is 0 Å². The number of aryl methyl sites for hydroxylation is 2. The zero-order valence-corrected chi connectivity index (χ0v) is 18.9. The van der Waals surface area contributed by atoms with Crippen molar-refractivity contribution in [2.75, 3.05) is 18.0 Å². The van der Waals surface area contributed by atoms with E-state index in [1.54, 1.807) is 0 Å². The molecule has 2 bridgehead atoms. The third-order valence-electron chi connectivity index (χ3n) is 8.44. The second-order valence-corrected chi connectivity index (χ2v) is 10.3. The van der Waals surface area contributed by atoms with E-state index in [0.717, 1.165) is 49.9 Å². The molecular weight excluding hydrogens is 372 g/mol. The Balaban J connectivity index is 1.44. The fourth-order valence-corrected chi connectivity index (χ4v) is 7.02. The highest BCUT2D eigenvalue weighted by atomic mass is 16.2. The third kappa shape index (κ3) is 3.73. The molecule has 0 radical (unpaired) electrons. The van der Waals surface area contributed by atoms with Gasteiger partial charge in [-0.1, -0.05) is 39.0 Å². The largest absolute Gasteiger partial charge is 0.356 e. The van der Waals surface area contributed by atoms with E-state index in [-0.39, 0.29) is 0 Å². The van der Waals surface area contributed by atoms with Crippen LogP contribution < -0.4 is 4.90 Å². The van der Waals surface area contributed by atoms with E-state index in [1.165, 1.54) is 56.9 Å². The van der Waals surface area contributed by atoms with Gasteiger partial charge in [-0.05, 0) is 56.8 Å². The van der Waals surface area contributed by atoms with Gasteiger partial charge < -0.3 is 9.80 Å². The van der Waals surface area contributed by atoms with E-state index in [0.29, 0.717) is 29.8 Å². The Morgan fingerprint density at radius 1 is 1.07 bits per heavy atom. The zero-order chi connectivity index (χ0) is 20.7. The lowest BCUT2D eigenvalue weighted by Gasteiger charge is -2.57. The molecule has 3 saturated heterocycles. The van der Waals surface area contributed by atoms with E-state index in [4.69, 9.17) is 4.98 Å². The molecule has 5 heteroatoms.